The number of nitrogens with two attached hydrogens (primary N) is 1. The lowest BCUT2D eigenvalue weighted by Crippen LogP contribution is -2.42. The number of nitrogens with one attached hydrogen (secondary N) is 1. The summed E-state index contributed by atoms with van der Waals surface area (Å²) in [6.45, 7) is 6.33. The molecule has 2 heterocycles. The second-order valence-electron chi connectivity index (χ2n) is 12.4. The van der Waals surface area contributed by atoms with E-state index >= 15 is 0 Å². The molecule has 1 saturated heterocycles. The number of alkyl halides is 3. The van der Waals surface area contributed by atoms with Crippen molar-refractivity contribution in [2.24, 2.45) is 16.6 Å². The van der Waals surface area contributed by atoms with Crippen LogP contribution in [0.25, 0.3) is 0 Å². The molecule has 0 radical (unpaired) electrons. The van der Waals surface area contributed by atoms with Gasteiger partial charge in [-0.3, -0.25) is 10.4 Å². The van der Waals surface area contributed by atoms with Gasteiger partial charge in [-0.1, -0.05) is 76.5 Å². The molecule has 4 rings (SSSR count). The van der Waals surface area contributed by atoms with Gasteiger partial charge in [-0.25, -0.2) is 0 Å². The Bertz CT molecular complexity index is 990. The van der Waals surface area contributed by atoms with Crippen molar-refractivity contribution < 1.29 is 13.2 Å². The predicted molar refractivity (Wildman–Crippen MR) is 161 cm³/mol. The minimum absolute atomic E-state index is 0.188. The van der Waals surface area contributed by atoms with Gasteiger partial charge < -0.3 is 20.4 Å². The summed E-state index contributed by atoms with van der Waals surface area (Å²) in [6.07, 6.45) is 12.1. The summed E-state index contributed by atoms with van der Waals surface area (Å²) in [5.74, 6) is 2.03. The average molecular weight is 577 g/mol. The van der Waals surface area contributed by atoms with Crippen LogP contribution in [-0.2, 0) is 12.6 Å². The molecule has 1 aliphatic carbocycles. The monoisotopic (exact) mass is 576 g/mol. The third kappa shape index (κ3) is 9.02. The van der Waals surface area contributed by atoms with E-state index in [1.807, 2.05) is 0 Å². The zero-order chi connectivity index (χ0) is 29.2. The SMILES string of the molecule is CCCCCCN1C(=N)N(CCCC[C@H]2CN=C(N)N2CCc2cccc(C(F)(F)F)c2)C[C@@H]1CC1CCCCC1. The first-order valence-electron chi connectivity index (χ1n) is 16.1. The minimum Gasteiger partial charge on any atom is -0.370 e. The number of rotatable bonds is 15. The van der Waals surface area contributed by atoms with Crippen LogP contribution in [0.5, 0.6) is 0 Å². The van der Waals surface area contributed by atoms with Crippen molar-refractivity contribution in [2.75, 3.05) is 32.7 Å². The van der Waals surface area contributed by atoms with E-state index in [1.165, 1.54) is 76.3 Å². The summed E-state index contributed by atoms with van der Waals surface area (Å²) < 4.78 is 39.3. The summed E-state index contributed by atoms with van der Waals surface area (Å²) in [5, 5.41) is 8.98. The Morgan fingerprint density at radius 3 is 2.49 bits per heavy atom. The summed E-state index contributed by atoms with van der Waals surface area (Å²) in [6, 6.07) is 6.22. The topological polar surface area (TPSA) is 72.0 Å². The largest absolute Gasteiger partial charge is 0.416 e. The number of hydrogen-bond acceptors (Lipinski definition) is 4. The third-order valence-corrected chi connectivity index (χ3v) is 9.34. The van der Waals surface area contributed by atoms with Crippen molar-refractivity contribution in [1.82, 2.24) is 14.7 Å². The highest BCUT2D eigenvalue weighted by Gasteiger charge is 2.35. The Labute approximate surface area is 245 Å². The highest BCUT2D eigenvalue weighted by atomic mass is 19.4. The van der Waals surface area contributed by atoms with Crippen LogP contribution in [0.15, 0.2) is 29.3 Å². The summed E-state index contributed by atoms with van der Waals surface area (Å²) in [4.78, 5) is 11.2. The van der Waals surface area contributed by atoms with Gasteiger partial charge in [0.1, 0.15) is 0 Å². The van der Waals surface area contributed by atoms with Crippen LogP contribution >= 0.6 is 0 Å². The number of hydrogen-bond donors (Lipinski definition) is 2. The lowest BCUT2D eigenvalue weighted by atomic mass is 9.84. The van der Waals surface area contributed by atoms with E-state index in [4.69, 9.17) is 11.1 Å². The molecule has 3 aliphatic rings. The van der Waals surface area contributed by atoms with Gasteiger partial charge in [0.15, 0.2) is 11.9 Å². The maximum absolute atomic E-state index is 13.1. The third-order valence-electron chi connectivity index (χ3n) is 9.34. The number of unbranched alkanes of at least 4 members (excludes halogenated alkanes) is 4. The van der Waals surface area contributed by atoms with E-state index < -0.39 is 11.7 Å². The number of aliphatic imine (C=N–C) groups is 1. The smallest absolute Gasteiger partial charge is 0.370 e. The number of halogens is 3. The Kier molecular flexibility index (Phi) is 11.6. The Morgan fingerprint density at radius 2 is 1.73 bits per heavy atom. The molecule has 0 amide bonds. The average Bonchev–Trinajstić information content (AvgIpc) is 3.46. The first-order valence-corrected chi connectivity index (χ1v) is 16.1. The molecule has 2 atom stereocenters. The maximum Gasteiger partial charge on any atom is 0.416 e. The van der Waals surface area contributed by atoms with E-state index in [9.17, 15) is 13.2 Å². The van der Waals surface area contributed by atoms with Gasteiger partial charge in [-0.2, -0.15) is 13.2 Å². The van der Waals surface area contributed by atoms with Gasteiger partial charge in [0.05, 0.1) is 18.2 Å². The molecule has 0 spiro atoms. The maximum atomic E-state index is 13.1. The van der Waals surface area contributed by atoms with Crippen molar-refractivity contribution >= 4 is 11.9 Å². The zero-order valence-corrected chi connectivity index (χ0v) is 25.0. The van der Waals surface area contributed by atoms with Crippen LogP contribution in [0.3, 0.4) is 0 Å². The zero-order valence-electron chi connectivity index (χ0n) is 25.0. The molecular weight excluding hydrogens is 525 g/mol. The van der Waals surface area contributed by atoms with Crippen LogP contribution in [-0.4, -0.2) is 71.4 Å². The molecule has 2 fully saturated rings. The fourth-order valence-corrected chi connectivity index (χ4v) is 6.95. The first-order chi connectivity index (χ1) is 19.8. The van der Waals surface area contributed by atoms with Gasteiger partial charge >= 0.3 is 6.18 Å². The minimum atomic E-state index is -4.33. The highest BCUT2D eigenvalue weighted by molar-refractivity contribution is 5.80. The molecule has 2 aliphatic heterocycles. The van der Waals surface area contributed by atoms with Gasteiger partial charge in [-0.05, 0) is 56.1 Å². The second-order valence-corrected chi connectivity index (χ2v) is 12.4. The summed E-state index contributed by atoms with van der Waals surface area (Å²) in [7, 11) is 0. The molecular formula is C32H51F3N6. The van der Waals surface area contributed by atoms with Gasteiger partial charge in [0, 0.05) is 32.2 Å². The van der Waals surface area contributed by atoms with Crippen molar-refractivity contribution in [3.63, 3.8) is 0 Å². The molecule has 41 heavy (non-hydrogen) atoms. The molecule has 0 aromatic heterocycles. The predicted octanol–water partition coefficient (Wildman–Crippen LogP) is 6.89. The normalized spacial score (nSPS) is 22.2. The Hall–Kier alpha value is -2.45. The van der Waals surface area contributed by atoms with E-state index in [2.05, 4.69) is 26.6 Å². The molecule has 0 bridgehead atoms. The molecule has 1 saturated carbocycles. The standard InChI is InChI=1S/C32H51F3N6/c1-2-3-4-9-19-41-29(22-25-12-6-5-7-13-25)24-39(31(41)37)18-10-8-16-28-23-38-30(36)40(28)20-17-26-14-11-15-27(21-26)32(33,34)35/h11,14-15,21,25,28-29,37H,2-10,12-13,16-20,22-24H2,1H3,(H2,36,38)/t28-,29-/m0/s1. The number of benzene rings is 1. The molecule has 1 aromatic carbocycles. The molecule has 3 N–H and O–H groups in total. The first kappa shape index (κ1) is 31.5. The fraction of sp³-hybridized carbons (Fsp3) is 0.750. The molecule has 0 unspecified atom stereocenters. The lowest BCUT2D eigenvalue weighted by molar-refractivity contribution is -0.137. The van der Waals surface area contributed by atoms with Crippen LogP contribution in [0.4, 0.5) is 13.2 Å². The molecule has 9 heteroatoms. The second kappa shape index (κ2) is 15.1. The molecule has 1 aromatic rings. The Balaban J connectivity index is 1.24. The lowest BCUT2D eigenvalue weighted by Gasteiger charge is -2.30. The van der Waals surface area contributed by atoms with Gasteiger partial charge in [0.25, 0.3) is 0 Å². The van der Waals surface area contributed by atoms with Gasteiger partial charge in [-0.15, -0.1) is 0 Å². The van der Waals surface area contributed by atoms with Crippen LogP contribution in [0.1, 0.15) is 102 Å². The molecule has 230 valence electrons. The van der Waals surface area contributed by atoms with E-state index in [0.29, 0.717) is 37.1 Å². The summed E-state index contributed by atoms with van der Waals surface area (Å²) in [5.41, 5.74) is 6.23. The Morgan fingerprint density at radius 1 is 0.951 bits per heavy atom. The van der Waals surface area contributed by atoms with Gasteiger partial charge in [0.2, 0.25) is 0 Å². The van der Waals surface area contributed by atoms with E-state index in [0.717, 1.165) is 56.8 Å². The van der Waals surface area contributed by atoms with Crippen LogP contribution in [0, 0.1) is 11.3 Å². The van der Waals surface area contributed by atoms with Crippen LogP contribution < -0.4 is 5.73 Å². The van der Waals surface area contributed by atoms with E-state index in [1.54, 1.807) is 6.07 Å². The number of guanidine groups is 2. The van der Waals surface area contributed by atoms with Crippen molar-refractivity contribution in [3.8, 4) is 0 Å². The van der Waals surface area contributed by atoms with Crippen LogP contribution in [0.2, 0.25) is 0 Å². The number of nitrogens with zero attached hydrogens (tertiary/aromatic N) is 4. The quantitative estimate of drug-likeness (QED) is 0.223. The fourth-order valence-electron chi connectivity index (χ4n) is 6.95. The summed E-state index contributed by atoms with van der Waals surface area (Å²) >= 11 is 0. The van der Waals surface area contributed by atoms with Crippen molar-refractivity contribution in [1.29, 1.82) is 5.41 Å². The highest BCUT2D eigenvalue weighted by Crippen LogP contribution is 2.32. The van der Waals surface area contributed by atoms with E-state index in [-0.39, 0.29) is 6.04 Å². The van der Waals surface area contributed by atoms with Crippen molar-refractivity contribution in [3.05, 3.63) is 35.4 Å². The van der Waals surface area contributed by atoms with Crippen molar-refractivity contribution in [2.45, 2.75) is 115 Å². The molecule has 6 nitrogen and oxygen atoms in total.